The zero-order valence-corrected chi connectivity index (χ0v) is 14.6. The number of fused-ring (bicyclic) bond motifs is 1. The van der Waals surface area contributed by atoms with Gasteiger partial charge in [-0.25, -0.2) is 0 Å². The predicted octanol–water partition coefficient (Wildman–Crippen LogP) is 2.10. The molecule has 2 atom stereocenters. The number of amides is 1. The molecule has 3 fully saturated rings. The van der Waals surface area contributed by atoms with E-state index in [0.29, 0.717) is 23.9 Å². The van der Waals surface area contributed by atoms with Gasteiger partial charge < -0.3 is 15.1 Å². The first-order chi connectivity index (χ1) is 10.5. The van der Waals surface area contributed by atoms with E-state index in [-0.39, 0.29) is 5.41 Å². The van der Waals surface area contributed by atoms with Gasteiger partial charge in [0.25, 0.3) is 0 Å². The van der Waals surface area contributed by atoms with Crippen molar-refractivity contribution in [1.29, 1.82) is 0 Å². The van der Waals surface area contributed by atoms with Crippen LogP contribution in [0.5, 0.6) is 0 Å². The summed E-state index contributed by atoms with van der Waals surface area (Å²) in [5.41, 5.74) is -0.0812. The smallest absolute Gasteiger partial charge is 0.230 e. The fourth-order valence-electron chi connectivity index (χ4n) is 4.97. The van der Waals surface area contributed by atoms with Gasteiger partial charge in [0.1, 0.15) is 0 Å². The molecular formula is C18H33N3O. The van der Waals surface area contributed by atoms with Gasteiger partial charge >= 0.3 is 0 Å². The summed E-state index contributed by atoms with van der Waals surface area (Å²) in [6, 6.07) is 1.07. The topological polar surface area (TPSA) is 35.6 Å². The number of hydrogen-bond donors (Lipinski definition) is 1. The molecule has 1 aliphatic carbocycles. The highest BCUT2D eigenvalue weighted by Gasteiger charge is 2.51. The van der Waals surface area contributed by atoms with E-state index in [0.717, 1.165) is 45.4 Å². The van der Waals surface area contributed by atoms with Gasteiger partial charge in [-0.1, -0.05) is 12.8 Å². The fraction of sp³-hybridized carbons (Fsp3) is 0.944. The number of carbonyl (C=O) groups excluding carboxylic acids is 1. The van der Waals surface area contributed by atoms with Crippen molar-refractivity contribution in [2.24, 2.45) is 11.3 Å². The van der Waals surface area contributed by atoms with Crippen molar-refractivity contribution in [3.63, 3.8) is 0 Å². The van der Waals surface area contributed by atoms with Crippen LogP contribution in [0.3, 0.4) is 0 Å². The van der Waals surface area contributed by atoms with Crippen molar-refractivity contribution in [3.05, 3.63) is 0 Å². The van der Waals surface area contributed by atoms with Crippen LogP contribution in [0.4, 0.5) is 0 Å². The van der Waals surface area contributed by atoms with Crippen molar-refractivity contribution in [1.82, 2.24) is 15.1 Å². The van der Waals surface area contributed by atoms with E-state index in [2.05, 4.69) is 36.0 Å². The largest absolute Gasteiger partial charge is 0.342 e. The van der Waals surface area contributed by atoms with E-state index in [9.17, 15) is 4.79 Å². The van der Waals surface area contributed by atoms with Crippen LogP contribution in [0.2, 0.25) is 0 Å². The van der Waals surface area contributed by atoms with Crippen LogP contribution in [0.25, 0.3) is 0 Å². The highest BCUT2D eigenvalue weighted by Crippen LogP contribution is 2.45. The molecule has 1 amide bonds. The van der Waals surface area contributed by atoms with Gasteiger partial charge in [-0.05, 0) is 52.0 Å². The fourth-order valence-corrected chi connectivity index (χ4v) is 4.97. The van der Waals surface area contributed by atoms with E-state index in [1.165, 1.54) is 19.3 Å². The molecule has 2 saturated heterocycles. The average molecular weight is 307 g/mol. The monoisotopic (exact) mass is 307 g/mol. The van der Waals surface area contributed by atoms with Crippen molar-refractivity contribution in [2.45, 2.75) is 64.5 Å². The Morgan fingerprint density at radius 3 is 2.64 bits per heavy atom. The maximum Gasteiger partial charge on any atom is 0.230 e. The minimum Gasteiger partial charge on any atom is -0.342 e. The van der Waals surface area contributed by atoms with Crippen LogP contribution in [0.1, 0.15) is 52.4 Å². The van der Waals surface area contributed by atoms with Gasteiger partial charge in [0.05, 0.1) is 5.41 Å². The van der Waals surface area contributed by atoms with Crippen molar-refractivity contribution >= 4 is 5.91 Å². The summed E-state index contributed by atoms with van der Waals surface area (Å²) in [4.78, 5) is 18.0. The van der Waals surface area contributed by atoms with Crippen LogP contribution < -0.4 is 5.32 Å². The minimum atomic E-state index is -0.0812. The van der Waals surface area contributed by atoms with E-state index in [1.807, 2.05) is 0 Å². The predicted molar refractivity (Wildman–Crippen MR) is 89.8 cm³/mol. The number of nitrogens with one attached hydrogen (secondary N) is 1. The van der Waals surface area contributed by atoms with Gasteiger partial charge in [-0.2, -0.15) is 0 Å². The molecule has 22 heavy (non-hydrogen) atoms. The summed E-state index contributed by atoms with van der Waals surface area (Å²) in [7, 11) is 2.07. The maximum atomic E-state index is 13.3. The Kier molecular flexibility index (Phi) is 4.79. The zero-order chi connectivity index (χ0) is 15.7. The van der Waals surface area contributed by atoms with Crippen LogP contribution in [0, 0.1) is 11.3 Å². The summed E-state index contributed by atoms with van der Waals surface area (Å²) in [5, 5.41) is 3.51. The third-order valence-electron chi connectivity index (χ3n) is 6.56. The van der Waals surface area contributed by atoms with E-state index < -0.39 is 0 Å². The molecule has 3 rings (SSSR count). The molecule has 1 N–H and O–H groups in total. The molecule has 0 aromatic carbocycles. The molecule has 0 spiro atoms. The van der Waals surface area contributed by atoms with Gasteiger partial charge in [0.2, 0.25) is 5.91 Å². The molecule has 1 saturated carbocycles. The van der Waals surface area contributed by atoms with E-state index in [4.69, 9.17) is 0 Å². The summed E-state index contributed by atoms with van der Waals surface area (Å²) in [6.45, 7) is 8.76. The molecule has 2 aliphatic heterocycles. The Morgan fingerprint density at radius 2 is 1.95 bits per heavy atom. The molecule has 0 bridgehead atoms. The molecule has 0 radical (unpaired) electrons. The lowest BCUT2D eigenvalue weighted by Gasteiger charge is -2.44. The van der Waals surface area contributed by atoms with E-state index >= 15 is 0 Å². The van der Waals surface area contributed by atoms with E-state index in [1.54, 1.807) is 0 Å². The van der Waals surface area contributed by atoms with Crippen molar-refractivity contribution in [2.75, 3.05) is 33.2 Å². The third-order valence-corrected chi connectivity index (χ3v) is 6.56. The van der Waals surface area contributed by atoms with Crippen LogP contribution in [-0.4, -0.2) is 61.0 Å². The Bertz CT molecular complexity index is 403. The SMILES string of the molecule is CC(C)N1CCC(N(C)C(=O)[C@@]23CCCC[C@H]2CNC3)CC1. The van der Waals surface area contributed by atoms with Crippen LogP contribution in [-0.2, 0) is 4.79 Å². The third kappa shape index (κ3) is 2.80. The second kappa shape index (κ2) is 6.48. The van der Waals surface area contributed by atoms with Gasteiger partial charge in [-0.15, -0.1) is 0 Å². The second-order valence-electron chi connectivity index (χ2n) is 8.01. The van der Waals surface area contributed by atoms with Gasteiger partial charge in [0.15, 0.2) is 0 Å². The van der Waals surface area contributed by atoms with Crippen LogP contribution >= 0.6 is 0 Å². The number of nitrogens with zero attached hydrogens (tertiary/aromatic N) is 2. The number of piperidine rings is 1. The molecule has 3 aliphatic rings. The molecule has 4 nitrogen and oxygen atoms in total. The molecule has 126 valence electrons. The average Bonchev–Trinajstić information content (AvgIpc) is 2.98. The lowest BCUT2D eigenvalue weighted by Crippen LogP contribution is -2.54. The lowest BCUT2D eigenvalue weighted by atomic mass is 9.67. The normalized spacial score (nSPS) is 33.9. The molecule has 0 unspecified atom stereocenters. The summed E-state index contributed by atoms with van der Waals surface area (Å²) < 4.78 is 0. The minimum absolute atomic E-state index is 0.0812. The van der Waals surface area contributed by atoms with Crippen LogP contribution in [0.15, 0.2) is 0 Å². The maximum absolute atomic E-state index is 13.3. The molecule has 2 heterocycles. The lowest BCUT2D eigenvalue weighted by molar-refractivity contribution is -0.147. The number of rotatable bonds is 3. The first kappa shape index (κ1) is 16.3. The number of carbonyl (C=O) groups is 1. The first-order valence-corrected chi connectivity index (χ1v) is 9.26. The highest BCUT2D eigenvalue weighted by molar-refractivity contribution is 5.84. The number of hydrogen-bond acceptors (Lipinski definition) is 3. The molecule has 4 heteroatoms. The second-order valence-corrected chi connectivity index (χ2v) is 8.01. The quantitative estimate of drug-likeness (QED) is 0.867. The molecular weight excluding hydrogens is 274 g/mol. The Balaban J connectivity index is 1.65. The number of likely N-dealkylation sites (tertiary alicyclic amines) is 1. The first-order valence-electron chi connectivity index (χ1n) is 9.26. The summed E-state index contributed by atoms with van der Waals surface area (Å²) >= 11 is 0. The Hall–Kier alpha value is -0.610. The van der Waals surface area contributed by atoms with Crippen molar-refractivity contribution < 1.29 is 4.79 Å². The summed E-state index contributed by atoms with van der Waals surface area (Å²) in [5.74, 6) is 1.01. The standard InChI is InChI=1S/C18H33N3O/c1-14(2)21-10-7-16(8-11-21)20(3)17(22)18-9-5-4-6-15(18)12-19-13-18/h14-16,19H,4-13H2,1-3H3/t15-,18+/m0/s1. The molecule has 0 aromatic heterocycles. The van der Waals surface area contributed by atoms with Crippen molar-refractivity contribution in [3.8, 4) is 0 Å². The van der Waals surface area contributed by atoms with Gasteiger partial charge in [-0.3, -0.25) is 4.79 Å². The highest BCUT2D eigenvalue weighted by atomic mass is 16.2. The Morgan fingerprint density at radius 1 is 1.23 bits per heavy atom. The molecule has 0 aromatic rings. The Labute approximate surface area is 135 Å². The van der Waals surface area contributed by atoms with Gasteiger partial charge in [0, 0.05) is 38.8 Å². The zero-order valence-electron chi connectivity index (χ0n) is 14.6. The summed E-state index contributed by atoms with van der Waals surface area (Å²) in [6.07, 6.45) is 7.13.